The minimum Gasteiger partial charge on any atom is -0.396 e. The van der Waals surface area contributed by atoms with Crippen LogP contribution < -0.4 is 0 Å². The van der Waals surface area contributed by atoms with Crippen LogP contribution in [-0.4, -0.2) is 181 Å². The Hall–Kier alpha value is -1.26. The maximum atomic E-state index is 9.50. The molecule has 15 aliphatic rings. The van der Waals surface area contributed by atoms with Gasteiger partial charge in [-0.25, -0.2) is 0 Å². The summed E-state index contributed by atoms with van der Waals surface area (Å²) >= 11 is 0. The van der Waals surface area contributed by atoms with Gasteiger partial charge in [0.25, 0.3) is 0 Å². The molecule has 9 aliphatic carbocycles. The average molecular weight is 1280 g/mol. The number of fused-ring (bicyclic) bond motifs is 9. The Kier molecular flexibility index (Phi) is 21.9. The van der Waals surface area contributed by atoms with Crippen LogP contribution in [0, 0.1) is 91.7 Å². The Balaban J connectivity index is 0.000000126. The van der Waals surface area contributed by atoms with E-state index < -0.39 is 0 Å². The predicted molar refractivity (Wildman–Crippen MR) is 369 cm³/mol. The van der Waals surface area contributed by atoms with Gasteiger partial charge in [0.15, 0.2) is 18.9 Å². The molecule has 15 rings (SSSR count). The van der Waals surface area contributed by atoms with E-state index in [4.69, 9.17) is 33.2 Å². The molecule has 0 spiro atoms. The molecule has 0 aromatic heterocycles. The van der Waals surface area contributed by atoms with E-state index in [9.17, 15) is 5.11 Å². The first-order chi connectivity index (χ1) is 44.3. The van der Waals surface area contributed by atoms with E-state index in [0.717, 1.165) is 72.2 Å². The van der Waals surface area contributed by atoms with E-state index in [-0.39, 0.29) is 35.1 Å². The van der Waals surface area contributed by atoms with Crippen molar-refractivity contribution in [2.45, 2.75) is 259 Å². The topological polar surface area (TPSA) is 97.8 Å². The van der Waals surface area contributed by atoms with Crippen molar-refractivity contribution in [3.63, 3.8) is 0 Å². The van der Waals surface area contributed by atoms with Gasteiger partial charge in [-0.3, -0.25) is 4.90 Å². The highest BCUT2D eigenvalue weighted by molar-refractivity contribution is 5.21. The van der Waals surface area contributed by atoms with E-state index >= 15 is 0 Å². The van der Waals surface area contributed by atoms with Gasteiger partial charge in [-0.05, 0) is 232 Å². The summed E-state index contributed by atoms with van der Waals surface area (Å²) in [6, 6.07) is 0. The van der Waals surface area contributed by atoms with E-state index in [1.165, 1.54) is 229 Å². The number of morpholine rings is 1. The number of rotatable bonds is 13. The Morgan fingerprint density at radius 3 is 1.11 bits per heavy atom. The molecule has 0 aromatic carbocycles. The van der Waals surface area contributed by atoms with Gasteiger partial charge in [-0.1, -0.05) is 117 Å². The molecule has 19 atom stereocenters. The molecule has 0 bridgehead atoms. The van der Waals surface area contributed by atoms with Crippen molar-refractivity contribution < 1.29 is 38.3 Å². The fourth-order valence-electron chi connectivity index (χ4n) is 24.7. The monoisotopic (exact) mass is 1280 g/mol. The number of piperazine rings is 1. The molecular formula is C80H134N4O8. The standard InChI is InChI=1S/C27H46N2O2.C27H45NO3.C26H43NO3/c1-20-9-10-23-26(2,22(20)12-14-29-17-15-28(4)16-18-29)13-11-24-27(23,3)19-30-25(31-24)21-7-5-6-8-21;1-19-8-9-23-26(2,22(19)12-15-28-14-11-20(16-28)17-29)13-10-24-27(23,3)18-30-25(31-24)21-6-4-5-7-21;1-19-8-9-22-25(2,21(19)11-13-27-14-16-28-17-15-27)12-10-23-26(22,3)18-29-24(30-23)20-6-4-5-7-20/h21-25H,1,5-19H2,2-4H3;20-25,29H,1,4-18H2,2-3H3;20-24H,1,4-18H2,2-3H3/t22-,23?,24-,25-,26+,27+;20?,22-,23?,24-,25-,26+,27+;21-,22?,23-,24-,25+,26+/m111/s1. The predicted octanol–water partition coefficient (Wildman–Crippen LogP) is 15.0. The molecule has 12 nitrogen and oxygen atoms in total. The van der Waals surface area contributed by atoms with Crippen LogP contribution in [0.3, 0.4) is 0 Å². The number of aliphatic hydroxyl groups excluding tert-OH is 1. The summed E-state index contributed by atoms with van der Waals surface area (Å²) in [5.41, 5.74) is 5.96. The molecule has 6 saturated heterocycles. The first-order valence-corrected chi connectivity index (χ1v) is 39.2. The van der Waals surface area contributed by atoms with Crippen molar-refractivity contribution in [1.82, 2.24) is 19.6 Å². The summed E-state index contributed by atoms with van der Waals surface area (Å²) in [7, 11) is 2.25. The van der Waals surface area contributed by atoms with E-state index in [1.54, 1.807) is 0 Å². The van der Waals surface area contributed by atoms with Crippen LogP contribution in [0.4, 0.5) is 0 Å². The highest BCUT2D eigenvalue weighted by atomic mass is 16.7. The van der Waals surface area contributed by atoms with E-state index in [0.29, 0.717) is 100 Å². The highest BCUT2D eigenvalue weighted by Gasteiger charge is 2.64. The number of nitrogens with zero attached hydrogens (tertiary/aromatic N) is 4. The maximum Gasteiger partial charge on any atom is 0.160 e. The smallest absolute Gasteiger partial charge is 0.160 e. The zero-order valence-corrected chi connectivity index (χ0v) is 59.8. The summed E-state index contributed by atoms with van der Waals surface area (Å²) in [5.74, 6) is 6.28. The number of hydrogen-bond donors (Lipinski definition) is 1. The average Bonchev–Trinajstić information content (AvgIpc) is 0.816. The molecule has 15 fully saturated rings. The Labute approximate surface area is 560 Å². The lowest BCUT2D eigenvalue weighted by molar-refractivity contribution is -0.316. The molecule has 522 valence electrons. The highest BCUT2D eigenvalue weighted by Crippen LogP contribution is 2.67. The van der Waals surface area contributed by atoms with Gasteiger partial charge < -0.3 is 53.0 Å². The van der Waals surface area contributed by atoms with Crippen molar-refractivity contribution in [2.75, 3.05) is 119 Å². The summed E-state index contributed by atoms with van der Waals surface area (Å²) in [4.78, 5) is 10.3. The zero-order valence-electron chi connectivity index (χ0n) is 59.8. The second-order valence-corrected chi connectivity index (χ2v) is 35.7. The Morgan fingerprint density at radius 2 is 0.761 bits per heavy atom. The molecule has 9 saturated carbocycles. The lowest BCUT2D eigenvalue weighted by Crippen LogP contribution is -2.62. The normalized spacial score (nSPS) is 46.0. The van der Waals surface area contributed by atoms with Crippen molar-refractivity contribution in [3.8, 4) is 0 Å². The van der Waals surface area contributed by atoms with E-state index in [1.807, 2.05) is 0 Å². The lowest BCUT2D eigenvalue weighted by atomic mass is 9.46. The van der Waals surface area contributed by atoms with E-state index in [2.05, 4.69) is 87.9 Å². The number of likely N-dealkylation sites (N-methyl/N-ethyl adjacent to an activating group) is 1. The van der Waals surface area contributed by atoms with Gasteiger partial charge in [-0.15, -0.1) is 0 Å². The van der Waals surface area contributed by atoms with Gasteiger partial charge >= 0.3 is 0 Å². The molecule has 6 heterocycles. The lowest BCUT2D eigenvalue weighted by Gasteiger charge is -2.63. The summed E-state index contributed by atoms with van der Waals surface area (Å²) in [6.07, 6.45) is 36.8. The number of likely N-dealkylation sites (tertiary alicyclic amines) is 1. The maximum absolute atomic E-state index is 9.50. The third-order valence-corrected chi connectivity index (χ3v) is 30.4. The molecule has 92 heavy (non-hydrogen) atoms. The van der Waals surface area contributed by atoms with Gasteiger partial charge in [0.2, 0.25) is 0 Å². The van der Waals surface area contributed by atoms with Crippen LogP contribution in [0.2, 0.25) is 0 Å². The first kappa shape index (κ1) is 69.2. The minimum absolute atomic E-state index is 0.0499. The number of allylic oxidation sites excluding steroid dienone is 3. The Bertz CT molecular complexity index is 2370. The van der Waals surface area contributed by atoms with Gasteiger partial charge in [0.1, 0.15) is 0 Å². The first-order valence-electron chi connectivity index (χ1n) is 39.2. The second kappa shape index (κ2) is 29.1. The largest absolute Gasteiger partial charge is 0.396 e. The molecular weight excluding hydrogens is 1140 g/mol. The van der Waals surface area contributed by atoms with Gasteiger partial charge in [0.05, 0.1) is 51.3 Å². The fraction of sp³-hybridized carbons (Fsp3) is 0.925. The van der Waals surface area contributed by atoms with Crippen molar-refractivity contribution in [1.29, 1.82) is 0 Å². The van der Waals surface area contributed by atoms with Crippen LogP contribution in [0.5, 0.6) is 0 Å². The minimum atomic E-state index is 0.0499. The Morgan fingerprint density at radius 1 is 0.413 bits per heavy atom. The van der Waals surface area contributed by atoms with Crippen LogP contribution in [-0.2, 0) is 33.2 Å². The molecule has 6 aliphatic heterocycles. The molecule has 4 unspecified atom stereocenters. The third kappa shape index (κ3) is 13.8. The molecule has 12 heteroatoms. The van der Waals surface area contributed by atoms with Crippen LogP contribution in [0.25, 0.3) is 0 Å². The van der Waals surface area contributed by atoms with Gasteiger partial charge in [-0.2, -0.15) is 0 Å². The molecule has 1 N–H and O–H groups in total. The quantitative estimate of drug-likeness (QED) is 0.178. The van der Waals surface area contributed by atoms with Crippen molar-refractivity contribution in [2.24, 2.45) is 91.7 Å². The number of hydrogen-bond acceptors (Lipinski definition) is 12. The summed E-state index contributed by atoms with van der Waals surface area (Å²) in [6.45, 7) is 46.6. The fourth-order valence-corrected chi connectivity index (χ4v) is 24.7. The van der Waals surface area contributed by atoms with Crippen LogP contribution in [0.15, 0.2) is 36.5 Å². The summed E-state index contributed by atoms with van der Waals surface area (Å²) in [5, 5.41) is 9.50. The van der Waals surface area contributed by atoms with Crippen LogP contribution in [0.1, 0.15) is 221 Å². The molecule has 0 radical (unpaired) electrons. The third-order valence-electron chi connectivity index (χ3n) is 30.4. The van der Waals surface area contributed by atoms with Crippen molar-refractivity contribution in [3.05, 3.63) is 36.5 Å². The SMILES string of the molecule is C=C1CCC2[C@]3(C)CO[C@@H](C4CCCC4)O[C@@H]3CC[C@@]2(C)[C@@H]1CCN1CCC(CO)C1.C=C1CCC2[C@]3(C)CO[C@@H](C4CCCC4)O[C@@H]3CC[C@@]2(C)[C@@H]1CCN1CCN(C)CC1.C=C1CCC2[C@]3(C)CO[C@@H](C4CCCC4)O[C@@H]3CC[C@@]2(C)[C@@H]1CCN1CCOCC1. The zero-order chi connectivity index (χ0) is 64.0. The number of aliphatic hydroxyl groups is 1. The van der Waals surface area contributed by atoms with Crippen LogP contribution >= 0.6 is 0 Å². The molecule has 0 amide bonds. The summed E-state index contributed by atoms with van der Waals surface area (Å²) < 4.78 is 45.2. The second-order valence-electron chi connectivity index (χ2n) is 35.7. The number of ether oxygens (including phenoxy) is 7. The molecule has 0 aromatic rings. The van der Waals surface area contributed by atoms with Gasteiger partial charge in [0, 0.05) is 86.4 Å². The van der Waals surface area contributed by atoms with Crippen molar-refractivity contribution >= 4 is 0 Å².